The van der Waals surface area contributed by atoms with Gasteiger partial charge in [0, 0.05) is 9.11 Å². The van der Waals surface area contributed by atoms with Gasteiger partial charge < -0.3 is 21.1 Å². The number of rotatable bonds is 4. The Labute approximate surface area is 173 Å². The van der Waals surface area contributed by atoms with Crippen LogP contribution in [0.5, 0.6) is 0 Å². The lowest BCUT2D eigenvalue weighted by molar-refractivity contribution is -0.120. The molecule has 1 aliphatic heterocycles. The molecule has 28 heavy (non-hydrogen) atoms. The molecule has 2 aromatic rings. The largest absolute Gasteiger partial charge is 0.384 e. The Morgan fingerprint density at radius 1 is 1.21 bits per heavy atom. The fourth-order valence-electron chi connectivity index (χ4n) is 2.88. The average molecular weight is 505 g/mol. The fraction of sp³-hybridized carbons (Fsp3) is 0.316. The highest BCUT2D eigenvalue weighted by Crippen LogP contribution is 2.34. The summed E-state index contributed by atoms with van der Waals surface area (Å²) < 4.78 is 43.0. The van der Waals surface area contributed by atoms with E-state index in [0.717, 1.165) is 12.1 Å². The summed E-state index contributed by atoms with van der Waals surface area (Å²) in [5.41, 5.74) is 2.97. The highest BCUT2D eigenvalue weighted by molar-refractivity contribution is 14.1. The molecule has 1 saturated heterocycles. The molecular weight excluding hydrogens is 486 g/mol. The number of benzene rings is 2. The van der Waals surface area contributed by atoms with Crippen molar-refractivity contribution < 1.29 is 23.1 Å². The van der Waals surface area contributed by atoms with Crippen LogP contribution in [0, 0.1) is 21.0 Å². The number of nitrogens with one attached hydrogen (secondary N) is 1. The van der Waals surface area contributed by atoms with Gasteiger partial charge in [-0.3, -0.25) is 4.79 Å². The third kappa shape index (κ3) is 3.70. The highest BCUT2D eigenvalue weighted by atomic mass is 127. The summed E-state index contributed by atoms with van der Waals surface area (Å²) in [7, 11) is 0. The quantitative estimate of drug-likeness (QED) is 0.558. The molecule has 1 aliphatic rings. The van der Waals surface area contributed by atoms with Crippen molar-refractivity contribution in [2.75, 3.05) is 18.4 Å². The van der Waals surface area contributed by atoms with Gasteiger partial charge in [0.1, 0.15) is 11.4 Å². The molecular formula is C19H19F3IN3O2. The van der Waals surface area contributed by atoms with Crippen molar-refractivity contribution in [3.63, 3.8) is 0 Å². The van der Waals surface area contributed by atoms with Crippen LogP contribution in [0.1, 0.15) is 24.2 Å². The summed E-state index contributed by atoms with van der Waals surface area (Å²) in [6, 6.07) is 6.13. The van der Waals surface area contributed by atoms with Crippen LogP contribution >= 0.6 is 22.6 Å². The topological polar surface area (TPSA) is 78.6 Å². The summed E-state index contributed by atoms with van der Waals surface area (Å²) in [4.78, 5) is 14.1. The number of hydrogen-bond donors (Lipinski definition) is 3. The van der Waals surface area contributed by atoms with Crippen molar-refractivity contribution in [3.05, 3.63) is 56.9 Å². The van der Waals surface area contributed by atoms with E-state index in [-0.39, 0.29) is 24.3 Å². The standard InChI is InChI=1S/C19H19F3IN3O2/c1-18(2,24)19(28)8-26(9-19)17(27)11-4-5-12(20)15(22)16(11)25-14-6-3-10(23)7-13(14)21/h3-7,25,28H,8-9,24H2,1-2H3. The number of nitrogens with zero attached hydrogens (tertiary/aromatic N) is 1. The number of hydrogen-bond acceptors (Lipinski definition) is 4. The maximum atomic E-state index is 14.4. The molecule has 1 fully saturated rings. The molecule has 0 radical (unpaired) electrons. The maximum Gasteiger partial charge on any atom is 0.256 e. The van der Waals surface area contributed by atoms with Gasteiger partial charge >= 0.3 is 0 Å². The van der Waals surface area contributed by atoms with E-state index in [9.17, 15) is 23.1 Å². The molecule has 0 aromatic heterocycles. The van der Waals surface area contributed by atoms with Crippen LogP contribution in [0.15, 0.2) is 30.3 Å². The van der Waals surface area contributed by atoms with Crippen molar-refractivity contribution in [2.24, 2.45) is 5.73 Å². The zero-order valence-corrected chi connectivity index (χ0v) is 17.4. The molecule has 4 N–H and O–H groups in total. The van der Waals surface area contributed by atoms with Crippen LogP contribution in [0.3, 0.4) is 0 Å². The first kappa shape index (κ1) is 20.9. The van der Waals surface area contributed by atoms with E-state index in [0.29, 0.717) is 3.57 Å². The normalized spacial score (nSPS) is 15.9. The van der Waals surface area contributed by atoms with Gasteiger partial charge in [0.05, 0.1) is 30.0 Å². The molecule has 1 heterocycles. The second-order valence-electron chi connectivity index (χ2n) is 7.45. The zero-order chi connectivity index (χ0) is 20.9. The molecule has 0 aliphatic carbocycles. The molecule has 0 saturated carbocycles. The summed E-state index contributed by atoms with van der Waals surface area (Å²) in [6.45, 7) is 3.18. The van der Waals surface area contributed by atoms with Crippen LogP contribution in [-0.4, -0.2) is 40.1 Å². The van der Waals surface area contributed by atoms with Gasteiger partial charge in [0.15, 0.2) is 11.6 Å². The zero-order valence-electron chi connectivity index (χ0n) is 15.2. The number of likely N-dealkylation sites (tertiary alicyclic amines) is 1. The number of halogens is 4. The van der Waals surface area contributed by atoms with Gasteiger partial charge in [-0.2, -0.15) is 0 Å². The van der Waals surface area contributed by atoms with Gasteiger partial charge in [-0.25, -0.2) is 13.2 Å². The van der Waals surface area contributed by atoms with Crippen molar-refractivity contribution in [1.82, 2.24) is 4.90 Å². The molecule has 3 rings (SSSR count). The number of aliphatic hydroxyl groups is 1. The SMILES string of the molecule is CC(C)(N)C1(O)CN(C(=O)c2ccc(F)c(F)c2Nc2ccc(I)cc2F)C1. The van der Waals surface area contributed by atoms with Gasteiger partial charge in [0.25, 0.3) is 5.91 Å². The molecule has 0 atom stereocenters. The molecule has 5 nitrogen and oxygen atoms in total. The van der Waals surface area contributed by atoms with Crippen LogP contribution in [0.25, 0.3) is 0 Å². The Morgan fingerprint density at radius 2 is 1.86 bits per heavy atom. The lowest BCUT2D eigenvalue weighted by Crippen LogP contribution is -2.74. The Hall–Kier alpha value is -1.85. The van der Waals surface area contributed by atoms with E-state index in [4.69, 9.17) is 5.73 Å². The minimum absolute atomic E-state index is 0.0499. The lowest BCUT2D eigenvalue weighted by Gasteiger charge is -2.53. The second-order valence-corrected chi connectivity index (χ2v) is 8.69. The third-order valence-corrected chi connectivity index (χ3v) is 5.58. The van der Waals surface area contributed by atoms with Crippen LogP contribution in [-0.2, 0) is 0 Å². The Morgan fingerprint density at radius 3 is 2.43 bits per heavy atom. The minimum Gasteiger partial charge on any atom is -0.384 e. The van der Waals surface area contributed by atoms with Crippen LogP contribution in [0.4, 0.5) is 24.5 Å². The molecule has 2 aromatic carbocycles. The molecule has 9 heteroatoms. The number of carbonyl (C=O) groups is 1. The minimum atomic E-state index is -1.29. The number of anilines is 2. The van der Waals surface area contributed by atoms with Crippen LogP contribution < -0.4 is 11.1 Å². The van der Waals surface area contributed by atoms with E-state index in [1.807, 2.05) is 22.6 Å². The maximum absolute atomic E-state index is 14.4. The Balaban J connectivity index is 1.92. The molecule has 0 bridgehead atoms. The fourth-order valence-corrected chi connectivity index (χ4v) is 3.34. The third-order valence-electron chi connectivity index (χ3n) is 4.91. The summed E-state index contributed by atoms with van der Waals surface area (Å²) >= 11 is 1.92. The van der Waals surface area contributed by atoms with E-state index >= 15 is 0 Å². The smallest absolute Gasteiger partial charge is 0.256 e. The molecule has 150 valence electrons. The average Bonchev–Trinajstić information content (AvgIpc) is 2.56. The van der Waals surface area contributed by atoms with Crippen molar-refractivity contribution in [1.29, 1.82) is 0 Å². The van der Waals surface area contributed by atoms with E-state index < -0.39 is 40.2 Å². The van der Waals surface area contributed by atoms with E-state index in [2.05, 4.69) is 5.32 Å². The van der Waals surface area contributed by atoms with Crippen molar-refractivity contribution >= 4 is 39.9 Å². The van der Waals surface area contributed by atoms with E-state index in [1.165, 1.54) is 17.0 Å². The van der Waals surface area contributed by atoms with Gasteiger partial charge in [-0.1, -0.05) is 0 Å². The second kappa shape index (κ2) is 7.20. The molecule has 0 unspecified atom stereocenters. The van der Waals surface area contributed by atoms with Gasteiger partial charge in [-0.05, 0) is 66.8 Å². The lowest BCUT2D eigenvalue weighted by atomic mass is 9.77. The summed E-state index contributed by atoms with van der Waals surface area (Å²) in [6.07, 6.45) is 0. The molecule has 1 amide bonds. The molecule has 0 spiro atoms. The Bertz CT molecular complexity index is 941. The number of nitrogens with two attached hydrogens (primary N) is 1. The summed E-state index contributed by atoms with van der Waals surface area (Å²) in [5.74, 6) is -3.76. The monoisotopic (exact) mass is 505 g/mol. The predicted molar refractivity (Wildman–Crippen MR) is 108 cm³/mol. The number of β-amino-alcohol motifs (C(OH)–C–C–N with tert-alkyl or cyclic N) is 1. The first-order chi connectivity index (χ1) is 12.9. The van der Waals surface area contributed by atoms with E-state index in [1.54, 1.807) is 19.9 Å². The predicted octanol–water partition coefficient (Wildman–Crippen LogP) is 3.38. The van der Waals surface area contributed by atoms with Crippen molar-refractivity contribution in [2.45, 2.75) is 25.0 Å². The number of carbonyl (C=O) groups excluding carboxylic acids is 1. The Kier molecular flexibility index (Phi) is 5.36. The first-order valence-electron chi connectivity index (χ1n) is 8.43. The van der Waals surface area contributed by atoms with Crippen molar-refractivity contribution in [3.8, 4) is 0 Å². The number of amides is 1. The van der Waals surface area contributed by atoms with Gasteiger partial charge in [-0.15, -0.1) is 0 Å². The van der Waals surface area contributed by atoms with Gasteiger partial charge in [0.2, 0.25) is 0 Å². The summed E-state index contributed by atoms with van der Waals surface area (Å²) in [5, 5.41) is 12.9. The first-order valence-corrected chi connectivity index (χ1v) is 9.51. The highest BCUT2D eigenvalue weighted by Gasteiger charge is 2.52. The van der Waals surface area contributed by atoms with Crippen LogP contribution in [0.2, 0.25) is 0 Å².